The van der Waals surface area contributed by atoms with Crippen molar-refractivity contribution in [3.8, 4) is 0 Å². The van der Waals surface area contributed by atoms with Crippen LogP contribution in [0.3, 0.4) is 0 Å². The maximum atomic E-state index is 5.00. The van der Waals surface area contributed by atoms with E-state index in [1.807, 2.05) is 0 Å². The molecule has 1 aliphatic rings. The van der Waals surface area contributed by atoms with Gasteiger partial charge in [-0.2, -0.15) is 0 Å². The Bertz CT molecular complexity index is 169. The summed E-state index contributed by atoms with van der Waals surface area (Å²) in [6, 6.07) is 0.694. The van der Waals surface area contributed by atoms with E-state index in [0.717, 1.165) is 25.6 Å². The zero-order valence-corrected chi connectivity index (χ0v) is 11.2. The number of nitrogens with zero attached hydrogens (tertiary/aromatic N) is 1. The Morgan fingerprint density at radius 1 is 1.31 bits per heavy atom. The zero-order chi connectivity index (χ0) is 11.8. The summed E-state index contributed by atoms with van der Waals surface area (Å²) in [5.41, 5.74) is 0. The summed E-state index contributed by atoms with van der Waals surface area (Å²) in [4.78, 5) is 2.62. The zero-order valence-electron chi connectivity index (χ0n) is 11.2. The predicted molar refractivity (Wildman–Crippen MR) is 68.8 cm³/mol. The van der Waals surface area contributed by atoms with E-state index >= 15 is 0 Å². The molecule has 0 amide bonds. The SMILES string of the molecule is COCCNCCCN(CC1CC1)C(C)C. The predicted octanol–water partition coefficient (Wildman–Crippen LogP) is 1.73. The van der Waals surface area contributed by atoms with Crippen LogP contribution in [0.4, 0.5) is 0 Å². The summed E-state index contributed by atoms with van der Waals surface area (Å²) < 4.78 is 5.00. The van der Waals surface area contributed by atoms with Crippen LogP contribution in [0.1, 0.15) is 33.1 Å². The van der Waals surface area contributed by atoms with Crippen molar-refractivity contribution in [3.63, 3.8) is 0 Å². The molecule has 1 N–H and O–H groups in total. The van der Waals surface area contributed by atoms with Gasteiger partial charge >= 0.3 is 0 Å². The van der Waals surface area contributed by atoms with Crippen LogP contribution in [0.5, 0.6) is 0 Å². The summed E-state index contributed by atoms with van der Waals surface area (Å²) >= 11 is 0. The van der Waals surface area contributed by atoms with Crippen molar-refractivity contribution in [1.82, 2.24) is 10.2 Å². The maximum absolute atomic E-state index is 5.00. The van der Waals surface area contributed by atoms with Crippen LogP contribution >= 0.6 is 0 Å². The molecule has 1 rings (SSSR count). The molecule has 1 aliphatic carbocycles. The molecule has 1 saturated carbocycles. The van der Waals surface area contributed by atoms with Crippen LogP contribution in [0.2, 0.25) is 0 Å². The second kappa shape index (κ2) is 8.04. The van der Waals surface area contributed by atoms with Crippen molar-refractivity contribution in [3.05, 3.63) is 0 Å². The highest BCUT2D eigenvalue weighted by Crippen LogP contribution is 2.30. The summed E-state index contributed by atoms with van der Waals surface area (Å²) in [5, 5.41) is 3.40. The molecule has 1 fully saturated rings. The number of nitrogens with one attached hydrogen (secondary N) is 1. The summed E-state index contributed by atoms with van der Waals surface area (Å²) in [6.45, 7) is 10.1. The molecular weight excluding hydrogens is 200 g/mol. The number of rotatable bonds is 10. The van der Waals surface area contributed by atoms with Gasteiger partial charge in [-0.15, -0.1) is 0 Å². The molecule has 16 heavy (non-hydrogen) atoms. The number of hydrogen-bond donors (Lipinski definition) is 1. The molecular formula is C13H28N2O. The average Bonchev–Trinajstić information content (AvgIpc) is 3.05. The Morgan fingerprint density at radius 2 is 2.06 bits per heavy atom. The first kappa shape index (κ1) is 13.9. The lowest BCUT2D eigenvalue weighted by atomic mass is 10.2. The monoisotopic (exact) mass is 228 g/mol. The molecule has 0 heterocycles. The van der Waals surface area contributed by atoms with Crippen molar-refractivity contribution in [2.24, 2.45) is 5.92 Å². The van der Waals surface area contributed by atoms with Crippen molar-refractivity contribution in [2.45, 2.75) is 39.2 Å². The van der Waals surface area contributed by atoms with E-state index < -0.39 is 0 Å². The van der Waals surface area contributed by atoms with E-state index in [1.54, 1.807) is 7.11 Å². The van der Waals surface area contributed by atoms with Crippen LogP contribution in [0, 0.1) is 5.92 Å². The highest BCUT2D eigenvalue weighted by Gasteiger charge is 2.24. The minimum absolute atomic E-state index is 0.694. The van der Waals surface area contributed by atoms with Crippen LogP contribution in [0.25, 0.3) is 0 Å². The highest BCUT2D eigenvalue weighted by atomic mass is 16.5. The lowest BCUT2D eigenvalue weighted by Gasteiger charge is -2.26. The van der Waals surface area contributed by atoms with Gasteiger partial charge in [-0.3, -0.25) is 0 Å². The minimum Gasteiger partial charge on any atom is -0.383 e. The highest BCUT2D eigenvalue weighted by molar-refractivity contribution is 4.78. The Morgan fingerprint density at radius 3 is 2.62 bits per heavy atom. The smallest absolute Gasteiger partial charge is 0.0587 e. The topological polar surface area (TPSA) is 24.5 Å². The Labute approximate surface area is 101 Å². The third kappa shape index (κ3) is 6.46. The second-order valence-electron chi connectivity index (χ2n) is 5.13. The van der Waals surface area contributed by atoms with Gasteiger partial charge in [0, 0.05) is 26.2 Å². The van der Waals surface area contributed by atoms with Crippen molar-refractivity contribution >= 4 is 0 Å². The van der Waals surface area contributed by atoms with E-state index in [2.05, 4.69) is 24.1 Å². The van der Waals surface area contributed by atoms with Crippen molar-refractivity contribution in [1.29, 1.82) is 0 Å². The Kier molecular flexibility index (Phi) is 7.01. The first-order chi connectivity index (χ1) is 7.74. The minimum atomic E-state index is 0.694. The lowest BCUT2D eigenvalue weighted by molar-refractivity contribution is 0.194. The molecule has 0 saturated heterocycles. The second-order valence-corrected chi connectivity index (χ2v) is 5.13. The van der Waals surface area contributed by atoms with E-state index in [1.165, 1.54) is 32.4 Å². The van der Waals surface area contributed by atoms with Crippen LogP contribution < -0.4 is 5.32 Å². The third-order valence-corrected chi connectivity index (χ3v) is 3.20. The molecule has 0 aliphatic heterocycles. The average molecular weight is 228 g/mol. The van der Waals surface area contributed by atoms with Gasteiger partial charge in [0.15, 0.2) is 0 Å². The van der Waals surface area contributed by atoms with E-state index in [0.29, 0.717) is 6.04 Å². The summed E-state index contributed by atoms with van der Waals surface area (Å²) in [5.74, 6) is 1.00. The van der Waals surface area contributed by atoms with Gasteiger partial charge in [-0.1, -0.05) is 0 Å². The third-order valence-electron chi connectivity index (χ3n) is 3.20. The molecule has 3 nitrogen and oxygen atoms in total. The molecule has 0 radical (unpaired) electrons. The molecule has 0 bridgehead atoms. The van der Waals surface area contributed by atoms with Gasteiger partial charge in [-0.05, 0) is 52.1 Å². The largest absolute Gasteiger partial charge is 0.383 e. The van der Waals surface area contributed by atoms with Gasteiger partial charge in [0.1, 0.15) is 0 Å². The molecule has 3 heteroatoms. The first-order valence-corrected chi connectivity index (χ1v) is 6.67. The van der Waals surface area contributed by atoms with E-state index in [9.17, 15) is 0 Å². The molecule has 0 aromatic heterocycles. The molecule has 96 valence electrons. The van der Waals surface area contributed by atoms with Gasteiger partial charge in [0.05, 0.1) is 6.61 Å². The number of hydrogen-bond acceptors (Lipinski definition) is 3. The van der Waals surface area contributed by atoms with Crippen molar-refractivity contribution in [2.75, 3.05) is 39.9 Å². The van der Waals surface area contributed by atoms with E-state index in [4.69, 9.17) is 4.74 Å². The fourth-order valence-corrected chi connectivity index (χ4v) is 1.90. The summed E-state index contributed by atoms with van der Waals surface area (Å²) in [7, 11) is 1.75. The lowest BCUT2D eigenvalue weighted by Crippen LogP contribution is -2.35. The van der Waals surface area contributed by atoms with Gasteiger partial charge in [0.25, 0.3) is 0 Å². The fraction of sp³-hybridized carbons (Fsp3) is 1.00. The normalized spacial score (nSPS) is 16.3. The van der Waals surface area contributed by atoms with Gasteiger partial charge < -0.3 is 15.0 Å². The van der Waals surface area contributed by atoms with Gasteiger partial charge in [0.2, 0.25) is 0 Å². The maximum Gasteiger partial charge on any atom is 0.0587 e. The van der Waals surface area contributed by atoms with E-state index in [-0.39, 0.29) is 0 Å². The van der Waals surface area contributed by atoms with Crippen LogP contribution in [0.15, 0.2) is 0 Å². The van der Waals surface area contributed by atoms with Gasteiger partial charge in [-0.25, -0.2) is 0 Å². The standard InChI is InChI=1S/C13H28N2O/c1-12(2)15(11-13-5-6-13)9-4-7-14-8-10-16-3/h12-14H,4-11H2,1-3H3. The van der Waals surface area contributed by atoms with Crippen LogP contribution in [-0.2, 0) is 4.74 Å². The molecule has 0 spiro atoms. The molecule has 0 aromatic carbocycles. The number of ether oxygens (including phenoxy) is 1. The first-order valence-electron chi connectivity index (χ1n) is 6.67. The van der Waals surface area contributed by atoms with Crippen molar-refractivity contribution < 1.29 is 4.74 Å². The summed E-state index contributed by atoms with van der Waals surface area (Å²) in [6.07, 6.45) is 4.15. The van der Waals surface area contributed by atoms with Crippen LogP contribution in [-0.4, -0.2) is 50.8 Å². The molecule has 0 atom stereocenters. The Hall–Kier alpha value is -0.120. The quantitative estimate of drug-likeness (QED) is 0.576. The number of methoxy groups -OCH3 is 1. The molecule has 0 unspecified atom stereocenters. The molecule has 0 aromatic rings. The fourth-order valence-electron chi connectivity index (χ4n) is 1.90. The Balaban J connectivity index is 1.98.